The molecule has 0 spiro atoms. The van der Waals surface area contributed by atoms with Crippen LogP contribution in [0.4, 0.5) is 0 Å². The summed E-state index contributed by atoms with van der Waals surface area (Å²) in [6.07, 6.45) is 0.0870. The Bertz CT molecular complexity index is 575. The molecule has 0 bridgehead atoms. The average Bonchev–Trinajstić information content (AvgIpc) is 2.91. The van der Waals surface area contributed by atoms with Crippen LogP contribution in [0, 0.1) is 0 Å². The van der Waals surface area contributed by atoms with E-state index >= 15 is 0 Å². The van der Waals surface area contributed by atoms with Gasteiger partial charge in [-0.15, -0.1) is 0 Å². The lowest BCUT2D eigenvalue weighted by molar-refractivity contribution is -0.145. The van der Waals surface area contributed by atoms with Gasteiger partial charge in [-0.1, -0.05) is 60.7 Å². The summed E-state index contributed by atoms with van der Waals surface area (Å²) in [7, 11) is 0. The summed E-state index contributed by atoms with van der Waals surface area (Å²) in [5, 5.41) is 6.97. The molecule has 0 saturated carbocycles. The number of rotatable bonds is 8. The SMILES string of the molecule is CC1(C)O[C@@H](CNCc2ccccc2)[C@H](CNCc2ccccc2)O1. The molecule has 2 atom stereocenters. The van der Waals surface area contributed by atoms with Gasteiger partial charge < -0.3 is 20.1 Å². The van der Waals surface area contributed by atoms with Gasteiger partial charge in [0.1, 0.15) is 12.2 Å². The largest absolute Gasteiger partial charge is 0.343 e. The van der Waals surface area contributed by atoms with Crippen LogP contribution in [0.1, 0.15) is 25.0 Å². The van der Waals surface area contributed by atoms with Crippen molar-refractivity contribution in [3.63, 3.8) is 0 Å². The van der Waals surface area contributed by atoms with Crippen molar-refractivity contribution in [2.45, 2.75) is 44.9 Å². The van der Waals surface area contributed by atoms with Crippen molar-refractivity contribution in [1.82, 2.24) is 10.6 Å². The van der Waals surface area contributed by atoms with E-state index in [2.05, 4.69) is 59.2 Å². The number of hydrogen-bond acceptors (Lipinski definition) is 4. The van der Waals surface area contributed by atoms with E-state index in [0.717, 1.165) is 26.2 Å². The van der Waals surface area contributed by atoms with E-state index in [-0.39, 0.29) is 12.2 Å². The van der Waals surface area contributed by atoms with E-state index in [1.807, 2.05) is 26.0 Å². The number of hydrogen-bond donors (Lipinski definition) is 2. The maximum Gasteiger partial charge on any atom is 0.163 e. The van der Waals surface area contributed by atoms with Crippen LogP contribution in [0.2, 0.25) is 0 Å². The van der Waals surface area contributed by atoms with Crippen LogP contribution in [-0.4, -0.2) is 31.1 Å². The molecule has 2 N–H and O–H groups in total. The first-order valence-corrected chi connectivity index (χ1v) is 8.97. The van der Waals surface area contributed by atoms with Crippen LogP contribution in [0.25, 0.3) is 0 Å². The van der Waals surface area contributed by atoms with E-state index in [9.17, 15) is 0 Å². The Morgan fingerprint density at radius 2 is 1.12 bits per heavy atom. The van der Waals surface area contributed by atoms with Gasteiger partial charge in [0, 0.05) is 26.2 Å². The summed E-state index contributed by atoms with van der Waals surface area (Å²) in [6, 6.07) is 20.8. The second-order valence-corrected chi connectivity index (χ2v) is 6.95. The molecule has 4 heteroatoms. The first-order chi connectivity index (χ1) is 12.1. The third-order valence-corrected chi connectivity index (χ3v) is 4.32. The molecule has 0 aromatic heterocycles. The zero-order valence-corrected chi connectivity index (χ0v) is 15.1. The predicted octanol–water partition coefficient (Wildman–Crippen LogP) is 3.09. The normalized spacial score (nSPS) is 22.2. The standard InChI is InChI=1S/C21H28N2O2/c1-21(2)24-19(15-22-13-17-9-5-3-6-10-17)20(25-21)16-23-14-18-11-7-4-8-12-18/h3-12,19-20,22-23H,13-16H2,1-2H3/t19-,20-/m0/s1. The molecule has 1 aliphatic rings. The fourth-order valence-electron chi connectivity index (χ4n) is 3.16. The molecule has 1 heterocycles. The van der Waals surface area contributed by atoms with Crippen LogP contribution >= 0.6 is 0 Å². The Balaban J connectivity index is 1.46. The molecule has 2 aromatic carbocycles. The molecule has 1 aliphatic heterocycles. The van der Waals surface area contributed by atoms with E-state index in [0.29, 0.717) is 0 Å². The van der Waals surface area contributed by atoms with E-state index in [1.54, 1.807) is 0 Å². The highest BCUT2D eigenvalue weighted by molar-refractivity contribution is 5.15. The van der Waals surface area contributed by atoms with Crippen molar-refractivity contribution in [3.8, 4) is 0 Å². The zero-order chi connectivity index (χ0) is 17.5. The lowest BCUT2D eigenvalue weighted by atomic mass is 10.1. The third-order valence-electron chi connectivity index (χ3n) is 4.32. The summed E-state index contributed by atoms with van der Waals surface area (Å²) < 4.78 is 12.2. The highest BCUT2D eigenvalue weighted by Crippen LogP contribution is 2.27. The Hall–Kier alpha value is -1.72. The van der Waals surface area contributed by atoms with Gasteiger partial charge in [0.25, 0.3) is 0 Å². The third kappa shape index (κ3) is 5.65. The smallest absolute Gasteiger partial charge is 0.163 e. The van der Waals surface area contributed by atoms with Crippen LogP contribution in [0.3, 0.4) is 0 Å². The molecular formula is C21H28N2O2. The Kier molecular flexibility index (Phi) is 6.21. The first-order valence-electron chi connectivity index (χ1n) is 8.97. The van der Waals surface area contributed by atoms with Crippen LogP contribution < -0.4 is 10.6 Å². The van der Waals surface area contributed by atoms with Crippen molar-refractivity contribution in [1.29, 1.82) is 0 Å². The molecular weight excluding hydrogens is 312 g/mol. The van der Waals surface area contributed by atoms with Gasteiger partial charge in [0.05, 0.1) is 0 Å². The van der Waals surface area contributed by atoms with Crippen LogP contribution in [-0.2, 0) is 22.6 Å². The molecule has 2 aromatic rings. The van der Waals surface area contributed by atoms with Crippen molar-refractivity contribution >= 4 is 0 Å². The van der Waals surface area contributed by atoms with Gasteiger partial charge >= 0.3 is 0 Å². The topological polar surface area (TPSA) is 42.5 Å². The summed E-state index contributed by atoms with van der Waals surface area (Å²) in [5.41, 5.74) is 2.55. The first kappa shape index (κ1) is 18.1. The minimum atomic E-state index is -0.530. The van der Waals surface area contributed by atoms with Gasteiger partial charge in [-0.3, -0.25) is 0 Å². The summed E-state index contributed by atoms with van der Waals surface area (Å²) in [6.45, 7) is 7.19. The van der Waals surface area contributed by atoms with E-state index in [1.165, 1.54) is 11.1 Å². The number of nitrogens with one attached hydrogen (secondary N) is 2. The fourth-order valence-corrected chi connectivity index (χ4v) is 3.16. The lowest BCUT2D eigenvalue weighted by Crippen LogP contribution is -2.39. The highest BCUT2D eigenvalue weighted by Gasteiger charge is 2.40. The summed E-state index contributed by atoms with van der Waals surface area (Å²) in [4.78, 5) is 0. The number of benzene rings is 2. The molecule has 134 valence electrons. The van der Waals surface area contributed by atoms with Crippen molar-refractivity contribution in [2.24, 2.45) is 0 Å². The van der Waals surface area contributed by atoms with E-state index < -0.39 is 5.79 Å². The summed E-state index contributed by atoms with van der Waals surface area (Å²) in [5.74, 6) is -0.530. The predicted molar refractivity (Wildman–Crippen MR) is 100 cm³/mol. The van der Waals surface area contributed by atoms with Crippen LogP contribution in [0.5, 0.6) is 0 Å². The molecule has 0 aliphatic carbocycles. The lowest BCUT2D eigenvalue weighted by Gasteiger charge is -2.18. The zero-order valence-electron chi connectivity index (χ0n) is 15.1. The van der Waals surface area contributed by atoms with Crippen molar-refractivity contribution in [3.05, 3.63) is 71.8 Å². The molecule has 0 unspecified atom stereocenters. The average molecular weight is 340 g/mol. The van der Waals surface area contributed by atoms with Gasteiger partial charge in [0.2, 0.25) is 0 Å². The summed E-state index contributed by atoms with van der Waals surface area (Å²) >= 11 is 0. The highest BCUT2D eigenvalue weighted by atomic mass is 16.8. The molecule has 1 saturated heterocycles. The molecule has 25 heavy (non-hydrogen) atoms. The number of ether oxygens (including phenoxy) is 2. The molecule has 0 amide bonds. The molecule has 0 radical (unpaired) electrons. The van der Waals surface area contributed by atoms with Gasteiger partial charge in [0.15, 0.2) is 5.79 Å². The maximum atomic E-state index is 6.08. The second kappa shape index (κ2) is 8.59. The molecule has 3 rings (SSSR count). The monoisotopic (exact) mass is 340 g/mol. The molecule has 1 fully saturated rings. The van der Waals surface area contributed by atoms with Crippen molar-refractivity contribution in [2.75, 3.05) is 13.1 Å². The minimum Gasteiger partial charge on any atom is -0.343 e. The minimum absolute atomic E-state index is 0.0435. The van der Waals surface area contributed by atoms with Gasteiger partial charge in [-0.25, -0.2) is 0 Å². The van der Waals surface area contributed by atoms with Crippen molar-refractivity contribution < 1.29 is 9.47 Å². The Morgan fingerprint density at radius 1 is 0.720 bits per heavy atom. The maximum absolute atomic E-state index is 6.08. The quantitative estimate of drug-likeness (QED) is 0.775. The molecule has 4 nitrogen and oxygen atoms in total. The Morgan fingerprint density at radius 3 is 1.52 bits per heavy atom. The van der Waals surface area contributed by atoms with E-state index in [4.69, 9.17) is 9.47 Å². The van der Waals surface area contributed by atoms with Gasteiger partial charge in [-0.05, 0) is 25.0 Å². The van der Waals surface area contributed by atoms with Crippen LogP contribution in [0.15, 0.2) is 60.7 Å². The fraction of sp³-hybridized carbons (Fsp3) is 0.429. The van der Waals surface area contributed by atoms with Gasteiger partial charge in [-0.2, -0.15) is 0 Å². The second-order valence-electron chi connectivity index (χ2n) is 6.95. The Labute approximate surface area is 150 Å².